The van der Waals surface area contributed by atoms with Gasteiger partial charge in [-0.1, -0.05) is 25.0 Å². The van der Waals surface area contributed by atoms with E-state index in [1.165, 1.54) is 4.68 Å². The third-order valence-electron chi connectivity index (χ3n) is 4.00. The molecule has 0 aliphatic heterocycles. The lowest BCUT2D eigenvalue weighted by atomic mass is 10.2. The molecule has 0 fully saturated rings. The second-order valence-electron chi connectivity index (χ2n) is 6.16. The SMILES string of the molecule is Cc1cc(C(=O)NCc2cccc(OCCCCCCCl)c2F)n(C)n1. The summed E-state index contributed by atoms with van der Waals surface area (Å²) in [7, 11) is 1.70. The number of carbonyl (C=O) groups excluding carboxylic acids is 1. The smallest absolute Gasteiger partial charge is 0.269 e. The molecule has 142 valence electrons. The van der Waals surface area contributed by atoms with E-state index >= 15 is 0 Å². The third-order valence-corrected chi connectivity index (χ3v) is 4.27. The molecule has 26 heavy (non-hydrogen) atoms. The van der Waals surface area contributed by atoms with E-state index in [4.69, 9.17) is 16.3 Å². The summed E-state index contributed by atoms with van der Waals surface area (Å²) in [6.07, 6.45) is 3.90. The molecule has 1 amide bonds. The van der Waals surface area contributed by atoms with Gasteiger partial charge in [0.1, 0.15) is 5.69 Å². The Morgan fingerprint density at radius 1 is 1.31 bits per heavy atom. The van der Waals surface area contributed by atoms with Crippen LogP contribution in [0.25, 0.3) is 0 Å². The highest BCUT2D eigenvalue weighted by Gasteiger charge is 2.14. The van der Waals surface area contributed by atoms with Gasteiger partial charge in [-0.15, -0.1) is 11.6 Å². The van der Waals surface area contributed by atoms with Crippen molar-refractivity contribution in [2.24, 2.45) is 7.05 Å². The molecule has 1 aromatic carbocycles. The summed E-state index contributed by atoms with van der Waals surface area (Å²) < 4.78 is 21.6. The maximum Gasteiger partial charge on any atom is 0.269 e. The first-order valence-electron chi connectivity index (χ1n) is 8.78. The topological polar surface area (TPSA) is 56.1 Å². The molecular weight excluding hydrogens is 357 g/mol. The lowest BCUT2D eigenvalue weighted by molar-refractivity contribution is 0.0941. The van der Waals surface area contributed by atoms with Crippen molar-refractivity contribution in [1.29, 1.82) is 0 Å². The lowest BCUT2D eigenvalue weighted by Crippen LogP contribution is -2.25. The van der Waals surface area contributed by atoms with Crippen LogP contribution in [0.4, 0.5) is 4.39 Å². The van der Waals surface area contributed by atoms with Crippen molar-refractivity contribution in [3.8, 4) is 5.75 Å². The minimum atomic E-state index is -0.435. The molecule has 1 N–H and O–H groups in total. The van der Waals surface area contributed by atoms with Crippen LogP contribution in [0.15, 0.2) is 24.3 Å². The van der Waals surface area contributed by atoms with Crippen LogP contribution in [0.3, 0.4) is 0 Å². The first-order valence-corrected chi connectivity index (χ1v) is 9.31. The number of alkyl halides is 1. The Labute approximate surface area is 158 Å². The Morgan fingerprint density at radius 2 is 2.08 bits per heavy atom. The number of amides is 1. The molecule has 0 atom stereocenters. The van der Waals surface area contributed by atoms with Gasteiger partial charge in [-0.25, -0.2) is 4.39 Å². The molecule has 0 aliphatic rings. The molecule has 0 saturated heterocycles. The van der Waals surface area contributed by atoms with Gasteiger partial charge in [-0.05, 0) is 31.9 Å². The fraction of sp³-hybridized carbons (Fsp3) is 0.474. The molecule has 1 aromatic heterocycles. The molecule has 0 saturated carbocycles. The zero-order valence-corrected chi connectivity index (χ0v) is 16.0. The number of benzene rings is 1. The normalized spacial score (nSPS) is 10.8. The number of halogens is 2. The first kappa shape index (κ1) is 20.2. The van der Waals surface area contributed by atoms with E-state index in [-0.39, 0.29) is 18.2 Å². The quantitative estimate of drug-likeness (QED) is 0.500. The van der Waals surface area contributed by atoms with Crippen molar-refractivity contribution < 1.29 is 13.9 Å². The summed E-state index contributed by atoms with van der Waals surface area (Å²) in [6.45, 7) is 2.36. The second-order valence-corrected chi connectivity index (χ2v) is 6.54. The summed E-state index contributed by atoms with van der Waals surface area (Å²) in [4.78, 5) is 12.2. The van der Waals surface area contributed by atoms with E-state index in [9.17, 15) is 9.18 Å². The Bertz CT molecular complexity index is 734. The van der Waals surface area contributed by atoms with E-state index in [1.54, 1.807) is 31.3 Å². The highest BCUT2D eigenvalue weighted by Crippen LogP contribution is 2.21. The van der Waals surface area contributed by atoms with Gasteiger partial charge < -0.3 is 10.1 Å². The number of aryl methyl sites for hydroxylation is 2. The van der Waals surface area contributed by atoms with Crippen LogP contribution in [0.1, 0.15) is 47.4 Å². The maximum absolute atomic E-state index is 14.5. The van der Waals surface area contributed by atoms with E-state index in [2.05, 4.69) is 10.4 Å². The summed E-state index contributed by atoms with van der Waals surface area (Å²) in [6, 6.07) is 6.65. The fourth-order valence-electron chi connectivity index (χ4n) is 2.63. The predicted octanol–water partition coefficient (Wildman–Crippen LogP) is 3.98. The van der Waals surface area contributed by atoms with Gasteiger partial charge in [-0.2, -0.15) is 5.10 Å². The maximum atomic E-state index is 14.5. The van der Waals surface area contributed by atoms with E-state index < -0.39 is 5.82 Å². The van der Waals surface area contributed by atoms with E-state index in [0.29, 0.717) is 23.7 Å². The number of nitrogens with one attached hydrogen (secondary N) is 1. The third kappa shape index (κ3) is 5.73. The Hall–Kier alpha value is -2.08. The van der Waals surface area contributed by atoms with Gasteiger partial charge >= 0.3 is 0 Å². The molecule has 1 heterocycles. The largest absolute Gasteiger partial charge is 0.491 e. The van der Waals surface area contributed by atoms with Crippen LogP contribution in [0.5, 0.6) is 5.75 Å². The minimum Gasteiger partial charge on any atom is -0.491 e. The number of hydrogen-bond donors (Lipinski definition) is 1. The number of ether oxygens (including phenoxy) is 1. The molecule has 0 spiro atoms. The Morgan fingerprint density at radius 3 is 2.77 bits per heavy atom. The Balaban J connectivity index is 1.88. The van der Waals surface area contributed by atoms with Crippen LogP contribution in [0.2, 0.25) is 0 Å². The average molecular weight is 382 g/mol. The van der Waals surface area contributed by atoms with Gasteiger partial charge in [0.25, 0.3) is 5.91 Å². The van der Waals surface area contributed by atoms with Gasteiger partial charge in [-0.3, -0.25) is 9.48 Å². The number of hydrogen-bond acceptors (Lipinski definition) is 3. The van der Waals surface area contributed by atoms with E-state index in [1.807, 2.05) is 6.92 Å². The molecule has 2 rings (SSSR count). The minimum absolute atomic E-state index is 0.0851. The molecule has 7 heteroatoms. The van der Waals surface area contributed by atoms with Gasteiger partial charge in [0.15, 0.2) is 11.6 Å². The van der Waals surface area contributed by atoms with Crippen LogP contribution in [-0.2, 0) is 13.6 Å². The number of carbonyl (C=O) groups is 1. The molecule has 5 nitrogen and oxygen atoms in total. The van der Waals surface area contributed by atoms with Gasteiger partial charge in [0.2, 0.25) is 0 Å². The molecular formula is C19H25ClFN3O2. The van der Waals surface area contributed by atoms with Crippen LogP contribution in [0, 0.1) is 12.7 Å². The zero-order valence-electron chi connectivity index (χ0n) is 15.2. The molecule has 0 bridgehead atoms. The van der Waals surface area contributed by atoms with E-state index in [0.717, 1.165) is 31.4 Å². The standard InChI is InChI=1S/C19H25ClFN3O2/c1-14-12-16(24(2)23-14)19(25)22-13-15-8-7-9-17(18(15)21)26-11-6-4-3-5-10-20/h7-9,12H,3-6,10-11,13H2,1-2H3,(H,22,25). The predicted molar refractivity (Wildman–Crippen MR) is 100 cm³/mol. The summed E-state index contributed by atoms with van der Waals surface area (Å²) in [5, 5.41) is 6.85. The highest BCUT2D eigenvalue weighted by atomic mass is 35.5. The number of aromatic nitrogens is 2. The van der Waals surface area contributed by atoms with Crippen LogP contribution < -0.4 is 10.1 Å². The monoisotopic (exact) mass is 381 g/mol. The average Bonchev–Trinajstić information content (AvgIpc) is 2.96. The van der Waals surface area contributed by atoms with Crippen LogP contribution >= 0.6 is 11.6 Å². The number of unbranched alkanes of at least 4 members (excludes halogenated alkanes) is 3. The number of rotatable bonds is 10. The summed E-state index contributed by atoms with van der Waals surface area (Å²) in [5.41, 5.74) is 1.58. The van der Waals surface area contributed by atoms with Crippen molar-refractivity contribution in [3.05, 3.63) is 47.0 Å². The first-order chi connectivity index (χ1) is 12.5. The second kappa shape index (κ2) is 10.2. The summed E-state index contributed by atoms with van der Waals surface area (Å²) >= 11 is 5.63. The van der Waals surface area contributed by atoms with Crippen molar-refractivity contribution in [2.75, 3.05) is 12.5 Å². The van der Waals surface area contributed by atoms with Crippen molar-refractivity contribution in [3.63, 3.8) is 0 Å². The molecule has 0 radical (unpaired) electrons. The van der Waals surface area contributed by atoms with Crippen molar-refractivity contribution >= 4 is 17.5 Å². The van der Waals surface area contributed by atoms with Crippen LogP contribution in [-0.4, -0.2) is 28.2 Å². The Kier molecular flexibility index (Phi) is 7.91. The van der Waals surface area contributed by atoms with Crippen molar-refractivity contribution in [2.45, 2.75) is 39.2 Å². The summed E-state index contributed by atoms with van der Waals surface area (Å²) in [5.74, 6) is 0.153. The molecule has 2 aromatic rings. The highest BCUT2D eigenvalue weighted by molar-refractivity contribution is 6.17. The van der Waals surface area contributed by atoms with Crippen molar-refractivity contribution in [1.82, 2.24) is 15.1 Å². The molecule has 0 unspecified atom stereocenters. The number of nitrogens with zero attached hydrogens (tertiary/aromatic N) is 2. The zero-order chi connectivity index (χ0) is 18.9. The lowest BCUT2D eigenvalue weighted by Gasteiger charge is -2.11. The van der Waals surface area contributed by atoms with Gasteiger partial charge in [0, 0.05) is 25.0 Å². The fourth-order valence-corrected chi connectivity index (χ4v) is 2.81. The van der Waals surface area contributed by atoms with Gasteiger partial charge in [0.05, 0.1) is 12.3 Å². The molecule has 0 aliphatic carbocycles.